The van der Waals surface area contributed by atoms with Gasteiger partial charge in [-0.05, 0) is 30.5 Å². The molecule has 1 aromatic carbocycles. The summed E-state index contributed by atoms with van der Waals surface area (Å²) >= 11 is 0. The molecule has 1 aliphatic heterocycles. The fourth-order valence-electron chi connectivity index (χ4n) is 2.90. The molecule has 5 heteroatoms. The zero-order valence-corrected chi connectivity index (χ0v) is 15.1. The van der Waals surface area contributed by atoms with Crippen molar-refractivity contribution >= 4 is 5.90 Å². The molecule has 25 heavy (non-hydrogen) atoms. The third kappa shape index (κ3) is 7.00. The highest BCUT2D eigenvalue weighted by molar-refractivity contribution is 5.77. The molecular formula is C20H29F2NO2. The maximum atomic E-state index is 13.3. The maximum absolute atomic E-state index is 13.3. The van der Waals surface area contributed by atoms with Crippen molar-refractivity contribution in [1.29, 1.82) is 0 Å². The van der Waals surface area contributed by atoms with Crippen LogP contribution in [0.2, 0.25) is 0 Å². The second-order valence-electron chi connectivity index (χ2n) is 6.41. The third-order valence-electron chi connectivity index (χ3n) is 4.34. The molecule has 0 N–H and O–H groups in total. The summed E-state index contributed by atoms with van der Waals surface area (Å²) in [5, 5.41) is 0. The third-order valence-corrected chi connectivity index (χ3v) is 4.34. The maximum Gasteiger partial charge on any atom is 0.267 e. The van der Waals surface area contributed by atoms with Crippen molar-refractivity contribution in [2.24, 2.45) is 4.99 Å². The molecule has 0 aliphatic carbocycles. The Kier molecular flexibility index (Phi) is 8.70. The highest BCUT2D eigenvalue weighted by atomic mass is 19.3. The summed E-state index contributed by atoms with van der Waals surface area (Å²) in [7, 11) is 0. The second kappa shape index (κ2) is 11.1. The highest BCUT2D eigenvalue weighted by Crippen LogP contribution is 2.30. The van der Waals surface area contributed by atoms with Crippen molar-refractivity contribution in [3.05, 3.63) is 29.3 Å². The van der Waals surface area contributed by atoms with E-state index in [-0.39, 0.29) is 5.56 Å². The van der Waals surface area contributed by atoms with Gasteiger partial charge in [-0.2, -0.15) is 0 Å². The second-order valence-corrected chi connectivity index (χ2v) is 6.41. The van der Waals surface area contributed by atoms with Crippen LogP contribution < -0.4 is 4.74 Å². The molecule has 0 saturated heterocycles. The van der Waals surface area contributed by atoms with Gasteiger partial charge < -0.3 is 9.47 Å². The van der Waals surface area contributed by atoms with Gasteiger partial charge in [-0.25, -0.2) is 8.78 Å². The number of alkyl halides is 2. The summed E-state index contributed by atoms with van der Waals surface area (Å²) in [5.74, 6) is 1.03. The van der Waals surface area contributed by atoms with Gasteiger partial charge in [0.1, 0.15) is 12.4 Å². The lowest BCUT2D eigenvalue weighted by Crippen LogP contribution is -2.03. The first kappa shape index (κ1) is 19.7. The highest BCUT2D eigenvalue weighted by Gasteiger charge is 2.16. The lowest BCUT2D eigenvalue weighted by Gasteiger charge is -2.13. The Bertz CT molecular complexity index is 546. The average Bonchev–Trinajstić information content (AvgIpc) is 3.13. The summed E-state index contributed by atoms with van der Waals surface area (Å²) < 4.78 is 37.6. The normalized spacial score (nSPS) is 13.8. The first-order valence-corrected chi connectivity index (χ1v) is 9.40. The Morgan fingerprint density at radius 2 is 1.92 bits per heavy atom. The number of ether oxygens (including phenoxy) is 2. The van der Waals surface area contributed by atoms with Gasteiger partial charge in [-0.1, -0.05) is 45.1 Å². The zero-order valence-electron chi connectivity index (χ0n) is 15.1. The predicted molar refractivity (Wildman–Crippen MR) is 96.8 cm³/mol. The van der Waals surface area contributed by atoms with Gasteiger partial charge in [-0.15, -0.1) is 0 Å². The molecule has 0 bridgehead atoms. The van der Waals surface area contributed by atoms with Crippen LogP contribution >= 0.6 is 0 Å². The van der Waals surface area contributed by atoms with Crippen LogP contribution in [0.1, 0.15) is 69.4 Å². The van der Waals surface area contributed by atoms with E-state index in [0.717, 1.165) is 24.3 Å². The molecule has 2 rings (SSSR count). The predicted octanol–water partition coefficient (Wildman–Crippen LogP) is 5.72. The number of rotatable bonds is 12. The van der Waals surface area contributed by atoms with Gasteiger partial charge in [0.05, 0.1) is 18.7 Å². The number of hydrogen-bond acceptors (Lipinski definition) is 3. The fraction of sp³-hybridized carbons (Fsp3) is 0.650. The lowest BCUT2D eigenvalue weighted by atomic mass is 10.1. The van der Waals surface area contributed by atoms with E-state index in [2.05, 4.69) is 11.9 Å². The van der Waals surface area contributed by atoms with Crippen molar-refractivity contribution in [2.45, 2.75) is 64.7 Å². The van der Waals surface area contributed by atoms with E-state index in [1.807, 2.05) is 6.07 Å². The van der Waals surface area contributed by atoms with Crippen LogP contribution in [0.3, 0.4) is 0 Å². The average molecular weight is 353 g/mol. The minimum absolute atomic E-state index is 0.0160. The number of aliphatic imine (C=N–C) groups is 1. The molecule has 1 aliphatic rings. The summed E-state index contributed by atoms with van der Waals surface area (Å²) in [6, 6.07) is 5.08. The van der Waals surface area contributed by atoms with E-state index in [4.69, 9.17) is 9.47 Å². The Hall–Kier alpha value is -1.65. The van der Waals surface area contributed by atoms with E-state index in [1.54, 1.807) is 12.1 Å². The van der Waals surface area contributed by atoms with Gasteiger partial charge in [-0.3, -0.25) is 4.99 Å². The molecule has 0 spiro atoms. The number of hydrogen-bond donors (Lipinski definition) is 0. The summed E-state index contributed by atoms with van der Waals surface area (Å²) in [5.41, 5.74) is 0.846. The van der Waals surface area contributed by atoms with Crippen LogP contribution in [0.4, 0.5) is 8.78 Å². The Morgan fingerprint density at radius 1 is 1.12 bits per heavy atom. The number of unbranched alkanes of at least 4 members (excludes halogenated alkanes) is 5. The molecule has 1 aromatic rings. The first-order chi connectivity index (χ1) is 12.2. The van der Waals surface area contributed by atoms with E-state index >= 15 is 0 Å². The Morgan fingerprint density at radius 3 is 2.64 bits per heavy atom. The number of aryl methyl sites for hydroxylation is 1. The van der Waals surface area contributed by atoms with Crippen LogP contribution in [0.5, 0.6) is 5.75 Å². The topological polar surface area (TPSA) is 30.8 Å². The molecule has 0 saturated carbocycles. The smallest absolute Gasteiger partial charge is 0.267 e. The van der Waals surface area contributed by atoms with E-state index < -0.39 is 6.43 Å². The number of benzene rings is 1. The molecule has 0 fully saturated rings. The zero-order chi connectivity index (χ0) is 17.9. The SMILES string of the molecule is CCCCCCCCOc1ccc(CCC2=NCCO2)cc1C(F)F. The van der Waals surface area contributed by atoms with Gasteiger partial charge in [0, 0.05) is 6.42 Å². The van der Waals surface area contributed by atoms with Gasteiger partial charge in [0.15, 0.2) is 5.90 Å². The monoisotopic (exact) mass is 353 g/mol. The van der Waals surface area contributed by atoms with Crippen molar-refractivity contribution in [2.75, 3.05) is 19.8 Å². The molecule has 0 amide bonds. The summed E-state index contributed by atoms with van der Waals surface area (Å²) in [6.07, 6.45) is 5.67. The molecule has 0 aromatic heterocycles. The molecule has 0 radical (unpaired) electrons. The molecule has 0 atom stereocenters. The van der Waals surface area contributed by atoms with Crippen LogP contribution in [-0.4, -0.2) is 25.7 Å². The molecule has 0 unspecified atom stereocenters. The molecular weight excluding hydrogens is 324 g/mol. The first-order valence-electron chi connectivity index (χ1n) is 9.40. The number of nitrogens with zero attached hydrogens (tertiary/aromatic N) is 1. The van der Waals surface area contributed by atoms with Crippen molar-refractivity contribution in [3.8, 4) is 5.75 Å². The van der Waals surface area contributed by atoms with Crippen molar-refractivity contribution in [3.63, 3.8) is 0 Å². The van der Waals surface area contributed by atoms with E-state index in [1.165, 1.54) is 25.7 Å². The van der Waals surface area contributed by atoms with Crippen molar-refractivity contribution < 1.29 is 18.3 Å². The van der Waals surface area contributed by atoms with Crippen molar-refractivity contribution in [1.82, 2.24) is 0 Å². The van der Waals surface area contributed by atoms with Gasteiger partial charge in [0.2, 0.25) is 0 Å². The minimum Gasteiger partial charge on any atom is -0.493 e. The van der Waals surface area contributed by atoms with Crippen LogP contribution in [0.15, 0.2) is 23.2 Å². The minimum atomic E-state index is -2.53. The largest absolute Gasteiger partial charge is 0.493 e. The fourth-order valence-corrected chi connectivity index (χ4v) is 2.90. The van der Waals surface area contributed by atoms with Gasteiger partial charge in [0.25, 0.3) is 6.43 Å². The summed E-state index contributed by atoms with van der Waals surface area (Å²) in [4.78, 5) is 4.22. The standard InChI is InChI=1S/C20H29F2NO2/c1-2-3-4-5-6-7-13-24-18-10-8-16(15-17(18)20(21)22)9-11-19-23-12-14-25-19/h8,10,15,20H,2-7,9,11-14H2,1H3. The van der Waals surface area contributed by atoms with E-state index in [0.29, 0.717) is 38.3 Å². The van der Waals surface area contributed by atoms with Crippen LogP contribution in [0, 0.1) is 0 Å². The lowest BCUT2D eigenvalue weighted by molar-refractivity contribution is 0.144. The molecule has 1 heterocycles. The summed E-state index contributed by atoms with van der Waals surface area (Å²) in [6.45, 7) is 4.01. The molecule has 3 nitrogen and oxygen atoms in total. The Labute approximate surface area is 149 Å². The van der Waals surface area contributed by atoms with Crippen LogP contribution in [-0.2, 0) is 11.2 Å². The number of halogens is 2. The Balaban J connectivity index is 1.81. The molecule has 140 valence electrons. The van der Waals surface area contributed by atoms with Gasteiger partial charge >= 0.3 is 0 Å². The quantitative estimate of drug-likeness (QED) is 0.450. The van der Waals surface area contributed by atoms with Crippen LogP contribution in [0.25, 0.3) is 0 Å². The van der Waals surface area contributed by atoms with E-state index in [9.17, 15) is 8.78 Å².